The van der Waals surface area contributed by atoms with E-state index in [4.69, 9.17) is 4.74 Å². The molecule has 3 saturated heterocycles. The highest BCUT2D eigenvalue weighted by molar-refractivity contribution is 4.95. The molecule has 4 aliphatic rings. The summed E-state index contributed by atoms with van der Waals surface area (Å²) in [6.07, 6.45) is 14.9. The molecule has 3 heteroatoms. The van der Waals surface area contributed by atoms with Gasteiger partial charge in [0.1, 0.15) is 0 Å². The van der Waals surface area contributed by atoms with Crippen molar-refractivity contribution in [2.75, 3.05) is 19.7 Å². The number of nitrogens with one attached hydrogen (secondary N) is 1. The first kappa shape index (κ1) is 14.5. The Kier molecular flexibility index (Phi) is 4.25. The first-order valence-corrected chi connectivity index (χ1v) is 9.47. The highest BCUT2D eigenvalue weighted by atomic mass is 16.5. The van der Waals surface area contributed by atoms with Gasteiger partial charge in [0.2, 0.25) is 0 Å². The van der Waals surface area contributed by atoms with Crippen LogP contribution < -0.4 is 5.32 Å². The van der Waals surface area contributed by atoms with Gasteiger partial charge in [0.15, 0.2) is 0 Å². The molecule has 3 nitrogen and oxygen atoms in total. The molecule has 3 heterocycles. The monoisotopic (exact) mass is 292 g/mol. The molecular formula is C18H32N2O. The number of rotatable bonds is 2. The molecule has 3 unspecified atom stereocenters. The van der Waals surface area contributed by atoms with Gasteiger partial charge in [0.25, 0.3) is 0 Å². The van der Waals surface area contributed by atoms with Gasteiger partial charge in [-0.15, -0.1) is 0 Å². The summed E-state index contributed by atoms with van der Waals surface area (Å²) >= 11 is 0. The number of piperidine rings is 1. The zero-order valence-electron chi connectivity index (χ0n) is 13.5. The zero-order chi connectivity index (χ0) is 14.1. The van der Waals surface area contributed by atoms with E-state index < -0.39 is 0 Å². The summed E-state index contributed by atoms with van der Waals surface area (Å²) in [6.45, 7) is 3.68. The Bertz CT molecular complexity index is 348. The van der Waals surface area contributed by atoms with Crippen LogP contribution in [0, 0.1) is 0 Å². The lowest BCUT2D eigenvalue weighted by Crippen LogP contribution is -2.53. The Morgan fingerprint density at radius 3 is 2.71 bits per heavy atom. The fourth-order valence-electron chi connectivity index (χ4n) is 5.42. The third-order valence-electron chi connectivity index (χ3n) is 6.55. The van der Waals surface area contributed by atoms with Crippen LogP contribution in [0.2, 0.25) is 0 Å². The molecule has 1 aliphatic carbocycles. The van der Waals surface area contributed by atoms with E-state index in [-0.39, 0.29) is 5.60 Å². The van der Waals surface area contributed by atoms with Gasteiger partial charge in [-0.05, 0) is 64.5 Å². The minimum Gasteiger partial charge on any atom is -0.375 e. The average molecular weight is 292 g/mol. The van der Waals surface area contributed by atoms with Crippen molar-refractivity contribution in [3.63, 3.8) is 0 Å². The van der Waals surface area contributed by atoms with Crippen LogP contribution in [0.5, 0.6) is 0 Å². The van der Waals surface area contributed by atoms with Gasteiger partial charge in [-0.3, -0.25) is 0 Å². The van der Waals surface area contributed by atoms with Gasteiger partial charge >= 0.3 is 0 Å². The van der Waals surface area contributed by atoms with Crippen LogP contribution >= 0.6 is 0 Å². The van der Waals surface area contributed by atoms with Gasteiger partial charge in [-0.1, -0.05) is 19.3 Å². The summed E-state index contributed by atoms with van der Waals surface area (Å²) in [5.74, 6) is 0. The molecule has 120 valence electrons. The Hall–Kier alpha value is -0.120. The fourth-order valence-corrected chi connectivity index (χ4v) is 5.42. The first-order valence-electron chi connectivity index (χ1n) is 9.47. The quantitative estimate of drug-likeness (QED) is 0.846. The lowest BCUT2D eigenvalue weighted by atomic mass is 9.78. The van der Waals surface area contributed by atoms with E-state index in [0.29, 0.717) is 0 Å². The van der Waals surface area contributed by atoms with Crippen molar-refractivity contribution in [1.82, 2.24) is 10.2 Å². The van der Waals surface area contributed by atoms with Gasteiger partial charge in [0.05, 0.1) is 5.60 Å². The van der Waals surface area contributed by atoms with Gasteiger partial charge in [-0.2, -0.15) is 0 Å². The molecule has 21 heavy (non-hydrogen) atoms. The standard InChI is InChI=1S/C18H32N2O/c1-2-8-18(9-3-1)14-16(7-12-21-18)19-15-6-11-20-10-4-5-17(20)13-15/h15-17,19H,1-14H2. The van der Waals surface area contributed by atoms with Crippen LogP contribution in [-0.2, 0) is 4.74 Å². The van der Waals surface area contributed by atoms with E-state index in [1.807, 2.05) is 0 Å². The third-order valence-corrected chi connectivity index (χ3v) is 6.55. The molecule has 0 aromatic carbocycles. The maximum atomic E-state index is 6.25. The molecule has 0 radical (unpaired) electrons. The van der Waals surface area contributed by atoms with E-state index in [9.17, 15) is 0 Å². The zero-order valence-corrected chi connectivity index (χ0v) is 13.5. The topological polar surface area (TPSA) is 24.5 Å². The van der Waals surface area contributed by atoms with E-state index in [1.165, 1.54) is 83.7 Å². The van der Waals surface area contributed by atoms with Gasteiger partial charge < -0.3 is 15.0 Å². The molecule has 4 rings (SSSR count). The van der Waals surface area contributed by atoms with E-state index >= 15 is 0 Å². The maximum Gasteiger partial charge on any atom is 0.0697 e. The van der Waals surface area contributed by atoms with Crippen LogP contribution in [-0.4, -0.2) is 48.3 Å². The van der Waals surface area contributed by atoms with Gasteiger partial charge in [0, 0.05) is 24.7 Å². The van der Waals surface area contributed by atoms with E-state index in [0.717, 1.165) is 24.7 Å². The van der Waals surface area contributed by atoms with Crippen molar-refractivity contribution >= 4 is 0 Å². The van der Waals surface area contributed by atoms with Crippen molar-refractivity contribution in [2.45, 2.75) is 94.4 Å². The average Bonchev–Trinajstić information content (AvgIpc) is 2.96. The molecule has 1 spiro atoms. The van der Waals surface area contributed by atoms with Crippen LogP contribution in [0.25, 0.3) is 0 Å². The second-order valence-corrected chi connectivity index (χ2v) is 8.00. The second-order valence-electron chi connectivity index (χ2n) is 8.00. The molecular weight excluding hydrogens is 260 g/mol. The van der Waals surface area contributed by atoms with Crippen molar-refractivity contribution in [3.05, 3.63) is 0 Å². The van der Waals surface area contributed by atoms with Crippen LogP contribution in [0.1, 0.15) is 70.6 Å². The van der Waals surface area contributed by atoms with Crippen LogP contribution in [0.15, 0.2) is 0 Å². The molecule has 1 saturated carbocycles. The predicted molar refractivity (Wildman–Crippen MR) is 85.5 cm³/mol. The normalized spacial score (nSPS) is 40.3. The van der Waals surface area contributed by atoms with Crippen molar-refractivity contribution in [3.8, 4) is 0 Å². The molecule has 0 amide bonds. The molecule has 0 aromatic heterocycles. The Balaban J connectivity index is 1.32. The van der Waals surface area contributed by atoms with E-state index in [1.54, 1.807) is 0 Å². The molecule has 0 bridgehead atoms. The van der Waals surface area contributed by atoms with Gasteiger partial charge in [-0.25, -0.2) is 0 Å². The second kappa shape index (κ2) is 6.17. The minimum atomic E-state index is 0.252. The Labute approximate surface area is 129 Å². The lowest BCUT2D eigenvalue weighted by Gasteiger charge is -2.45. The lowest BCUT2D eigenvalue weighted by molar-refractivity contribution is -0.110. The summed E-state index contributed by atoms with van der Waals surface area (Å²) in [5.41, 5.74) is 0.252. The minimum absolute atomic E-state index is 0.252. The summed E-state index contributed by atoms with van der Waals surface area (Å²) < 4.78 is 6.25. The summed E-state index contributed by atoms with van der Waals surface area (Å²) in [4.78, 5) is 2.73. The summed E-state index contributed by atoms with van der Waals surface area (Å²) in [6, 6.07) is 2.38. The number of hydrogen-bond acceptors (Lipinski definition) is 3. The summed E-state index contributed by atoms with van der Waals surface area (Å²) in [7, 11) is 0. The molecule has 4 fully saturated rings. The Morgan fingerprint density at radius 1 is 0.905 bits per heavy atom. The number of hydrogen-bond donors (Lipinski definition) is 1. The maximum absolute atomic E-state index is 6.25. The first-order chi connectivity index (χ1) is 10.3. The van der Waals surface area contributed by atoms with Crippen molar-refractivity contribution in [2.24, 2.45) is 0 Å². The predicted octanol–water partition coefficient (Wildman–Crippen LogP) is 3.08. The number of ether oxygens (including phenoxy) is 1. The SMILES string of the molecule is C1CCC2(CC1)CC(NC1CCN3CCCC3C1)CCO2. The van der Waals surface area contributed by atoms with Crippen LogP contribution in [0.4, 0.5) is 0 Å². The van der Waals surface area contributed by atoms with E-state index in [2.05, 4.69) is 10.2 Å². The molecule has 3 aliphatic heterocycles. The molecule has 1 N–H and O–H groups in total. The third kappa shape index (κ3) is 3.16. The Morgan fingerprint density at radius 2 is 1.81 bits per heavy atom. The fraction of sp³-hybridized carbons (Fsp3) is 1.00. The van der Waals surface area contributed by atoms with Crippen molar-refractivity contribution in [1.29, 1.82) is 0 Å². The van der Waals surface area contributed by atoms with Crippen molar-refractivity contribution < 1.29 is 4.74 Å². The molecule has 0 aromatic rings. The smallest absolute Gasteiger partial charge is 0.0697 e. The highest BCUT2D eigenvalue weighted by Gasteiger charge is 2.40. The summed E-state index contributed by atoms with van der Waals surface area (Å²) in [5, 5.41) is 4.04. The van der Waals surface area contributed by atoms with Crippen LogP contribution in [0.3, 0.4) is 0 Å². The largest absolute Gasteiger partial charge is 0.375 e. The highest BCUT2D eigenvalue weighted by Crippen LogP contribution is 2.39. The number of fused-ring (bicyclic) bond motifs is 1. The molecule has 3 atom stereocenters. The number of nitrogens with zero attached hydrogens (tertiary/aromatic N) is 1.